The molecule has 6 aliphatic heterocycles. The highest BCUT2D eigenvalue weighted by atomic mass is 19.3. The number of alkyl halides is 6. The van der Waals surface area contributed by atoms with Crippen LogP contribution in [0.3, 0.4) is 0 Å². The lowest BCUT2D eigenvalue weighted by Crippen LogP contribution is -2.50. The summed E-state index contributed by atoms with van der Waals surface area (Å²) < 4.78 is 148. The molecule has 4 bridgehead atoms. The average Bonchev–Trinajstić information content (AvgIpc) is 1.56. The Kier molecular flexibility index (Phi) is 34.0. The van der Waals surface area contributed by atoms with Gasteiger partial charge in [0.2, 0.25) is 35.4 Å². The van der Waals surface area contributed by atoms with Crippen molar-refractivity contribution in [3.8, 4) is 30.0 Å². The highest BCUT2D eigenvalue weighted by molar-refractivity contribution is 5.96. The van der Waals surface area contributed by atoms with Crippen LogP contribution < -0.4 is 14.8 Å². The van der Waals surface area contributed by atoms with Gasteiger partial charge in [0.1, 0.15) is 71.6 Å². The van der Waals surface area contributed by atoms with Crippen LogP contribution >= 0.6 is 0 Å². The molecule has 1 N–H and O–H groups in total. The highest BCUT2D eigenvalue weighted by Crippen LogP contribution is 2.50. The number of halogens is 6. The lowest BCUT2D eigenvalue weighted by molar-refractivity contribution is -0.167. The summed E-state index contributed by atoms with van der Waals surface area (Å²) in [5.74, 6) is -21.1. The van der Waals surface area contributed by atoms with Crippen LogP contribution in [0.1, 0.15) is 270 Å². The van der Waals surface area contributed by atoms with E-state index in [1.165, 1.54) is 81.4 Å². The van der Waals surface area contributed by atoms with Crippen LogP contribution in [0.4, 0.5) is 37.7 Å². The number of rotatable bonds is 17. The van der Waals surface area contributed by atoms with Crippen LogP contribution in [0.2, 0.25) is 0 Å². The lowest BCUT2D eigenvalue weighted by atomic mass is 9.77. The predicted molar refractivity (Wildman–Crippen MR) is 529 cm³/mol. The molecule has 3 saturated carbocycles. The molecule has 14 rings (SSSR count). The second-order valence-corrected chi connectivity index (χ2v) is 45.7. The highest BCUT2D eigenvalue weighted by Gasteiger charge is 2.59. The van der Waals surface area contributed by atoms with Crippen molar-refractivity contribution >= 4 is 92.9 Å². The third kappa shape index (κ3) is 27.3. The first-order chi connectivity index (χ1) is 68.2. The van der Waals surface area contributed by atoms with Crippen LogP contribution in [0.25, 0.3) is 22.1 Å². The predicted octanol–water partition coefficient (Wildman–Crippen LogP) is 19.6. The minimum Gasteiger partial charge on any atom is -0.473 e. The third-order valence-electron chi connectivity index (χ3n) is 27.9. The van der Waals surface area contributed by atoms with E-state index in [0.717, 1.165) is 31.4 Å². The van der Waals surface area contributed by atoms with E-state index in [1.807, 2.05) is 100 Å². The van der Waals surface area contributed by atoms with Gasteiger partial charge in [0.25, 0.3) is 5.92 Å². The summed E-state index contributed by atoms with van der Waals surface area (Å²) >= 11 is 0. The van der Waals surface area contributed by atoms with Gasteiger partial charge in [-0.15, -0.1) is 6.58 Å². The van der Waals surface area contributed by atoms with E-state index in [9.17, 15) is 58.9 Å². The topological polar surface area (TPSA) is 394 Å². The monoisotopic (exact) mass is 2030 g/mol. The van der Waals surface area contributed by atoms with Gasteiger partial charge in [-0.3, -0.25) is 28.8 Å². The molecular formula is C110H138F6N12O18. The van der Waals surface area contributed by atoms with Gasteiger partial charge in [-0.1, -0.05) is 108 Å². The molecule has 3 saturated heterocycles. The standard InChI is InChI=1S/C38H48F2N4O6.C36H46F2N4O6.C36H44F2N4O6/c1-10-13-14-23-18-28(23)48-30(45)19-25(36(4,5)6)34(46)44-21-29(24(11-2)31(44)35(47)50-37(7,8)9)49-33-32(38(39,40)12-3)42-26-16-15-22(20-41)17-27(26)43-33;2*1-8-22-27-19-42(29(22)33(45)48-35(5,6)7)32(44)23(34(2,3)4)17-28(43)46-26-16-21(26)11-9-10-14-36(37,38)30-31(47-27)41-25-15-20(18-39)12-13-24(25)40-30/h10,12,15-17,23-25,28-29,31H,1,3,11,13-14,18-19,21H2,2,4-9H3;10,12-15,21-23,26-27,29-30,40H,8-9,11,16-17,19H2,1-7H3;10,12-15,21-23,26-27,29H,8-9,11,16-17,19H2,1-7H3/b;2*14-10+/t23-,24-,25-,28-,29+,31+;21-,22-,23-,26-,27+,29+,30?;21-,22-,23-,26-,27+,29+/m111/s1. The first kappa shape index (κ1) is 112. The third-order valence-corrected chi connectivity index (χ3v) is 27.9. The molecule has 6 fully saturated rings. The largest absolute Gasteiger partial charge is 0.473 e. The van der Waals surface area contributed by atoms with E-state index in [4.69, 9.17) is 42.6 Å². The van der Waals surface area contributed by atoms with Gasteiger partial charge in [-0.25, -0.2) is 39.3 Å². The van der Waals surface area contributed by atoms with E-state index in [0.29, 0.717) is 75.1 Å². The Labute approximate surface area is 849 Å². The number of carbonyl (C=O) groups is 9. The number of benzene rings is 3. The summed E-state index contributed by atoms with van der Waals surface area (Å²) in [5, 5.41) is 31.2. The summed E-state index contributed by atoms with van der Waals surface area (Å²) in [5.41, 5.74) is -4.26. The fraction of sp³-hybridized carbons (Fsp3) is 0.609. The van der Waals surface area contributed by atoms with Crippen molar-refractivity contribution in [3.05, 3.63) is 132 Å². The minimum atomic E-state index is -3.64. The minimum absolute atomic E-state index is 0.0322. The van der Waals surface area contributed by atoms with Gasteiger partial charge in [0, 0.05) is 17.8 Å². The Balaban J connectivity index is 0.000000195. The Morgan fingerprint density at radius 2 is 1.05 bits per heavy atom. The molecule has 0 radical (unpaired) electrons. The Morgan fingerprint density at radius 1 is 0.568 bits per heavy atom. The number of carbonyl (C=O) groups excluding carboxylic acids is 9. The summed E-state index contributed by atoms with van der Waals surface area (Å²) in [7, 11) is 0. The smallest absolute Gasteiger partial charge is 0.329 e. The molecule has 19 atom stereocenters. The first-order valence-corrected chi connectivity index (χ1v) is 50.4. The zero-order valence-electron chi connectivity index (χ0n) is 87.3. The number of nitrogens with one attached hydrogen (secondary N) is 1. The molecule has 5 aromatic rings. The Hall–Kier alpha value is -12.6. The van der Waals surface area contributed by atoms with Crippen LogP contribution in [-0.2, 0) is 88.2 Å². The number of ether oxygens (including phenoxy) is 9. The fourth-order valence-electron chi connectivity index (χ4n) is 19.7. The van der Waals surface area contributed by atoms with Crippen LogP contribution in [0.5, 0.6) is 11.8 Å². The zero-order chi connectivity index (χ0) is 108. The number of fused-ring (bicyclic) bond motifs is 11. The van der Waals surface area contributed by atoms with Crippen molar-refractivity contribution in [1.82, 2.24) is 34.6 Å². The molecule has 1 unspecified atom stereocenters. The number of allylic oxidation sites excluding steroid dienone is 5. The average molecular weight is 2030 g/mol. The number of esters is 6. The van der Waals surface area contributed by atoms with E-state index in [-0.39, 0.29) is 120 Å². The van der Waals surface area contributed by atoms with Gasteiger partial charge < -0.3 is 62.6 Å². The molecule has 30 nitrogen and oxygen atoms in total. The molecule has 146 heavy (non-hydrogen) atoms. The summed E-state index contributed by atoms with van der Waals surface area (Å²) in [6.45, 7) is 44.1. The van der Waals surface area contributed by atoms with Crippen molar-refractivity contribution in [2.45, 2.75) is 337 Å². The first-order valence-electron chi connectivity index (χ1n) is 50.4. The molecule has 0 spiro atoms. The number of nitrogens with zero attached hydrogens (tertiary/aromatic N) is 11. The molecular weight excluding hydrogens is 1890 g/mol. The van der Waals surface area contributed by atoms with Crippen molar-refractivity contribution in [1.29, 1.82) is 15.8 Å². The number of aliphatic imine (C=N–C) groups is 1. The van der Waals surface area contributed by atoms with Crippen molar-refractivity contribution in [3.63, 3.8) is 0 Å². The molecule has 8 heterocycles. The number of hydrogen-bond donors (Lipinski definition) is 1. The zero-order valence-corrected chi connectivity index (χ0v) is 87.3. The maximum atomic E-state index is 16.1. The molecule has 36 heteroatoms. The summed E-state index contributed by atoms with van der Waals surface area (Å²) in [6, 6.07) is 14.2. The summed E-state index contributed by atoms with van der Waals surface area (Å²) in [6.07, 6.45) is 8.87. The maximum absolute atomic E-state index is 16.1. The number of anilines is 1. The quantitative estimate of drug-likeness (QED) is 0.0391. The van der Waals surface area contributed by atoms with Gasteiger partial charge in [-0.05, 0) is 246 Å². The molecule has 3 aromatic carbocycles. The number of aromatic nitrogens is 4. The van der Waals surface area contributed by atoms with E-state index < -0.39 is 205 Å². The Morgan fingerprint density at radius 3 is 1.53 bits per heavy atom. The number of likely N-dealkylation sites (tertiary alicyclic amines) is 1. The van der Waals surface area contributed by atoms with Crippen LogP contribution in [0, 0.1) is 103 Å². The molecule has 9 aliphatic rings. The van der Waals surface area contributed by atoms with Crippen molar-refractivity contribution in [2.75, 3.05) is 25.0 Å². The van der Waals surface area contributed by atoms with Crippen LogP contribution in [0.15, 0.2) is 109 Å². The number of nitriles is 3. The van der Waals surface area contributed by atoms with Crippen molar-refractivity contribution < 1.29 is 112 Å². The van der Waals surface area contributed by atoms with Gasteiger partial charge in [0.15, 0.2) is 17.4 Å². The maximum Gasteiger partial charge on any atom is 0.329 e. The molecule has 2 aromatic heterocycles. The van der Waals surface area contributed by atoms with Gasteiger partial charge in [-0.2, -0.15) is 42.1 Å². The van der Waals surface area contributed by atoms with Gasteiger partial charge in [0.05, 0.1) is 125 Å². The number of hydrogen-bond acceptors (Lipinski definition) is 27. The second-order valence-electron chi connectivity index (χ2n) is 45.7. The molecule has 788 valence electrons. The van der Waals surface area contributed by atoms with E-state index in [1.54, 1.807) is 69.2 Å². The van der Waals surface area contributed by atoms with E-state index >= 15 is 26.3 Å². The van der Waals surface area contributed by atoms with E-state index in [2.05, 4.69) is 43.4 Å². The normalized spacial score (nSPS) is 27.4. The lowest BCUT2D eigenvalue weighted by Gasteiger charge is -2.35. The second kappa shape index (κ2) is 44.2. The molecule has 3 amide bonds. The van der Waals surface area contributed by atoms with Crippen molar-refractivity contribution in [2.24, 2.45) is 74.5 Å². The Bertz CT molecular complexity index is 6000. The SMILES string of the molecule is C=CCC[C@@H]1C[C@H]1OC(=O)C[C@H](C(=O)N1C[C@H](Oc2nc3cc(C#N)ccc3nc2C(F)(F)C=C)[C@@H](CC)[C@H]1C(=O)OC(C)(C)C)C(C)(C)C.CC[C@@H]1[C@@H]2CN(C(=O)[C@H](C(C)(C)C)CC(=O)O[C@@H]3C[C@H]3CC/C=C/C(F)(F)C3Nc4ccc(C#N)cc4N=C3O2)[C@@H]1C(=O)OC(C)(C)C.CC[C@@H]1[C@@H]2CN(C(=O)[C@H](C(C)(C)C)CC(=O)O[C@@H]3C[C@H]3CC/C=C/C(F)(F)c3nc4ccc(C#N)cc4nc3O2)[C@@H]1C(=O)OC(C)(C)C. The van der Waals surface area contributed by atoms with Crippen LogP contribution in [-0.4, -0.2) is 197 Å². The number of amides is 3. The fourth-order valence-corrected chi connectivity index (χ4v) is 19.7. The van der Waals surface area contributed by atoms with Gasteiger partial charge >= 0.3 is 47.7 Å². The summed E-state index contributed by atoms with van der Waals surface area (Å²) in [4.78, 5) is 150. The molecule has 3 aliphatic carbocycles.